The minimum Gasteiger partial charge on any atom is -0.370 e. The van der Waals surface area contributed by atoms with Crippen LogP contribution in [0.15, 0.2) is 23.3 Å². The number of halogens is 4. The SMILES string of the molecule is CN=C(NCCCNc1ccc(C(F)(F)F)cn1)NCC(=O)NC(C)(C)C.I. The second kappa shape index (κ2) is 11.9. The summed E-state index contributed by atoms with van der Waals surface area (Å²) in [4.78, 5) is 19.5. The number of anilines is 1. The van der Waals surface area contributed by atoms with Crippen LogP contribution in [0, 0.1) is 0 Å². The summed E-state index contributed by atoms with van der Waals surface area (Å²) in [5.41, 5.74) is -1.08. The maximum Gasteiger partial charge on any atom is 0.417 e. The minimum absolute atomic E-state index is 0. The molecule has 0 unspecified atom stereocenters. The normalized spacial score (nSPS) is 12.0. The Kier molecular flexibility index (Phi) is 11.2. The first-order chi connectivity index (χ1) is 12.5. The van der Waals surface area contributed by atoms with E-state index in [0.29, 0.717) is 31.3 Å². The van der Waals surface area contributed by atoms with Crippen LogP contribution < -0.4 is 21.3 Å². The predicted molar refractivity (Wildman–Crippen MR) is 115 cm³/mol. The molecule has 0 bridgehead atoms. The molecule has 1 aromatic heterocycles. The number of carbonyl (C=O) groups is 1. The molecule has 0 aliphatic carbocycles. The van der Waals surface area contributed by atoms with E-state index in [-0.39, 0.29) is 42.0 Å². The average Bonchev–Trinajstić information content (AvgIpc) is 2.55. The summed E-state index contributed by atoms with van der Waals surface area (Å²) in [5.74, 6) is 0.733. The molecule has 1 aromatic rings. The molecular weight excluding hydrogens is 488 g/mol. The van der Waals surface area contributed by atoms with Gasteiger partial charge in [-0.2, -0.15) is 13.2 Å². The highest BCUT2D eigenvalue weighted by molar-refractivity contribution is 14.0. The van der Waals surface area contributed by atoms with E-state index in [0.717, 1.165) is 12.3 Å². The molecule has 1 amide bonds. The van der Waals surface area contributed by atoms with Gasteiger partial charge in [-0.1, -0.05) is 0 Å². The van der Waals surface area contributed by atoms with Gasteiger partial charge >= 0.3 is 6.18 Å². The molecule has 7 nitrogen and oxygen atoms in total. The summed E-state index contributed by atoms with van der Waals surface area (Å²) in [6, 6.07) is 2.28. The number of nitrogens with one attached hydrogen (secondary N) is 4. The van der Waals surface area contributed by atoms with Crippen LogP contribution in [0.25, 0.3) is 0 Å². The lowest BCUT2D eigenvalue weighted by Gasteiger charge is -2.21. The third-order valence-electron chi connectivity index (χ3n) is 3.20. The monoisotopic (exact) mass is 516 g/mol. The quantitative estimate of drug-likeness (QED) is 0.194. The maximum atomic E-state index is 12.5. The number of hydrogen-bond acceptors (Lipinski definition) is 4. The third kappa shape index (κ3) is 11.1. The fourth-order valence-electron chi connectivity index (χ4n) is 2.02. The van der Waals surface area contributed by atoms with Crippen LogP contribution in [0.3, 0.4) is 0 Å². The van der Waals surface area contributed by atoms with Crippen molar-refractivity contribution in [2.75, 3.05) is 32.0 Å². The molecule has 0 saturated carbocycles. The van der Waals surface area contributed by atoms with Crippen LogP contribution in [0.5, 0.6) is 0 Å². The van der Waals surface area contributed by atoms with Crippen LogP contribution in [0.1, 0.15) is 32.8 Å². The fraction of sp³-hybridized carbons (Fsp3) is 0.588. The Morgan fingerprint density at radius 2 is 1.82 bits per heavy atom. The Morgan fingerprint density at radius 3 is 2.32 bits per heavy atom. The first-order valence-corrected chi connectivity index (χ1v) is 8.54. The van der Waals surface area contributed by atoms with Gasteiger partial charge in [0.1, 0.15) is 5.82 Å². The van der Waals surface area contributed by atoms with E-state index in [1.54, 1.807) is 7.05 Å². The van der Waals surface area contributed by atoms with Gasteiger partial charge in [-0.25, -0.2) is 4.98 Å². The number of alkyl halides is 3. The molecule has 0 atom stereocenters. The van der Waals surface area contributed by atoms with Crippen LogP contribution in [-0.2, 0) is 11.0 Å². The highest BCUT2D eigenvalue weighted by Gasteiger charge is 2.30. The number of guanidine groups is 1. The maximum absolute atomic E-state index is 12.5. The number of hydrogen-bond donors (Lipinski definition) is 4. The van der Waals surface area contributed by atoms with Crippen LogP contribution in [-0.4, -0.2) is 49.1 Å². The molecule has 0 radical (unpaired) electrons. The summed E-state index contributed by atoms with van der Waals surface area (Å²) in [5, 5.41) is 11.7. The zero-order chi connectivity index (χ0) is 20.5. The first-order valence-electron chi connectivity index (χ1n) is 8.54. The highest BCUT2D eigenvalue weighted by atomic mass is 127. The summed E-state index contributed by atoms with van der Waals surface area (Å²) in [6.07, 6.45) is -2.91. The van der Waals surface area contributed by atoms with Gasteiger partial charge in [0.05, 0.1) is 12.1 Å². The van der Waals surface area contributed by atoms with E-state index in [1.165, 1.54) is 6.07 Å². The molecule has 11 heteroatoms. The van der Waals surface area contributed by atoms with Gasteiger partial charge in [0, 0.05) is 31.9 Å². The zero-order valence-electron chi connectivity index (χ0n) is 16.4. The Labute approximate surface area is 180 Å². The third-order valence-corrected chi connectivity index (χ3v) is 3.20. The Morgan fingerprint density at radius 1 is 1.14 bits per heavy atom. The van der Waals surface area contributed by atoms with E-state index < -0.39 is 11.7 Å². The van der Waals surface area contributed by atoms with Gasteiger partial charge in [-0.05, 0) is 39.3 Å². The lowest BCUT2D eigenvalue weighted by atomic mass is 10.1. The second-order valence-corrected chi connectivity index (χ2v) is 6.86. The zero-order valence-corrected chi connectivity index (χ0v) is 18.7. The van der Waals surface area contributed by atoms with Crippen molar-refractivity contribution in [2.45, 2.75) is 38.9 Å². The number of rotatable bonds is 7. The molecule has 1 rings (SSSR count). The van der Waals surface area contributed by atoms with Crippen LogP contribution in [0.2, 0.25) is 0 Å². The van der Waals surface area contributed by atoms with Gasteiger partial charge in [0.2, 0.25) is 5.91 Å². The minimum atomic E-state index is -4.39. The van der Waals surface area contributed by atoms with Crippen molar-refractivity contribution in [2.24, 2.45) is 4.99 Å². The predicted octanol–water partition coefficient (Wildman–Crippen LogP) is 2.60. The number of aliphatic imine (C=N–C) groups is 1. The van der Waals surface area contributed by atoms with Gasteiger partial charge in [0.25, 0.3) is 0 Å². The molecule has 0 aliphatic rings. The Bertz CT molecular complexity index is 629. The molecule has 0 aromatic carbocycles. The van der Waals surface area contributed by atoms with Crippen molar-refractivity contribution in [1.29, 1.82) is 0 Å². The molecule has 0 spiro atoms. The van der Waals surface area contributed by atoms with Gasteiger partial charge < -0.3 is 21.3 Å². The Hall–Kier alpha value is -1.79. The van der Waals surface area contributed by atoms with Crippen LogP contribution >= 0.6 is 24.0 Å². The first kappa shape index (κ1) is 26.2. The molecular formula is C17H28F3IN6O. The van der Waals surface area contributed by atoms with Crippen LogP contribution in [0.4, 0.5) is 19.0 Å². The topological polar surface area (TPSA) is 90.4 Å². The summed E-state index contributed by atoms with van der Waals surface area (Å²) in [6.45, 7) is 6.88. The largest absolute Gasteiger partial charge is 0.417 e. The number of pyridine rings is 1. The summed E-state index contributed by atoms with van der Waals surface area (Å²) in [7, 11) is 1.60. The lowest BCUT2D eigenvalue weighted by molar-refractivity contribution is -0.137. The highest BCUT2D eigenvalue weighted by Crippen LogP contribution is 2.28. The van der Waals surface area contributed by atoms with Crippen molar-refractivity contribution in [1.82, 2.24) is 20.9 Å². The lowest BCUT2D eigenvalue weighted by Crippen LogP contribution is -2.48. The molecule has 0 aliphatic heterocycles. The molecule has 0 fully saturated rings. The van der Waals surface area contributed by atoms with Crippen molar-refractivity contribution < 1.29 is 18.0 Å². The second-order valence-electron chi connectivity index (χ2n) is 6.86. The number of nitrogens with zero attached hydrogens (tertiary/aromatic N) is 2. The smallest absolute Gasteiger partial charge is 0.370 e. The van der Waals surface area contributed by atoms with Gasteiger partial charge in [0.15, 0.2) is 5.96 Å². The standard InChI is InChI=1S/C17H27F3N6O.HI/c1-16(2,3)26-14(27)11-25-15(21-4)23-9-5-8-22-13-7-6-12(10-24-13)17(18,19)20;/h6-7,10H,5,8-9,11H2,1-4H3,(H,22,24)(H,26,27)(H2,21,23,25);1H. The molecule has 28 heavy (non-hydrogen) atoms. The van der Waals surface area contributed by atoms with E-state index >= 15 is 0 Å². The van der Waals surface area contributed by atoms with E-state index in [2.05, 4.69) is 31.2 Å². The number of carbonyl (C=O) groups excluding carboxylic acids is 1. The summed E-state index contributed by atoms with van der Waals surface area (Å²) < 4.78 is 37.4. The van der Waals surface area contributed by atoms with Gasteiger partial charge in [-0.15, -0.1) is 24.0 Å². The van der Waals surface area contributed by atoms with Crippen molar-refractivity contribution in [3.8, 4) is 0 Å². The van der Waals surface area contributed by atoms with Crippen molar-refractivity contribution >= 4 is 41.7 Å². The number of aromatic nitrogens is 1. The molecule has 4 N–H and O–H groups in total. The molecule has 160 valence electrons. The van der Waals surface area contributed by atoms with Crippen molar-refractivity contribution in [3.63, 3.8) is 0 Å². The number of amides is 1. The van der Waals surface area contributed by atoms with E-state index in [1.807, 2.05) is 20.8 Å². The van der Waals surface area contributed by atoms with Gasteiger partial charge in [-0.3, -0.25) is 9.79 Å². The van der Waals surface area contributed by atoms with E-state index in [9.17, 15) is 18.0 Å². The van der Waals surface area contributed by atoms with E-state index in [4.69, 9.17) is 0 Å². The fourth-order valence-corrected chi connectivity index (χ4v) is 2.02. The Balaban J connectivity index is 0.00000729. The molecule has 1 heterocycles. The molecule has 0 saturated heterocycles. The summed E-state index contributed by atoms with van der Waals surface area (Å²) >= 11 is 0. The van der Waals surface area contributed by atoms with Crippen molar-refractivity contribution in [3.05, 3.63) is 23.9 Å². The average molecular weight is 516 g/mol.